The molecule has 3 rings (SSSR count). The number of rotatable bonds is 4. The summed E-state index contributed by atoms with van der Waals surface area (Å²) in [6, 6.07) is 1.83. The van der Waals surface area contributed by atoms with Crippen molar-refractivity contribution in [3.05, 3.63) is 18.5 Å². The molecule has 0 saturated carbocycles. The second kappa shape index (κ2) is 10.5. The molecule has 3 heterocycles. The van der Waals surface area contributed by atoms with E-state index in [1.807, 2.05) is 6.07 Å². The first-order valence-electron chi connectivity index (χ1n) is 8.52. The van der Waals surface area contributed by atoms with Crippen LogP contribution in [0.1, 0.15) is 0 Å². The Labute approximate surface area is 159 Å². The summed E-state index contributed by atoms with van der Waals surface area (Å²) in [7, 11) is 0. The molecule has 0 aliphatic carbocycles. The second-order valence-corrected chi connectivity index (χ2v) is 6.29. The molecule has 0 unspecified atom stereocenters. The molecule has 0 aromatic carbocycles. The summed E-state index contributed by atoms with van der Waals surface area (Å²) < 4.78 is 15.3. The van der Waals surface area contributed by atoms with Gasteiger partial charge in [-0.2, -0.15) is 5.10 Å². The zero-order chi connectivity index (χ0) is 20.8. The smallest absolute Gasteiger partial charge is 0.187 e. The van der Waals surface area contributed by atoms with Crippen molar-refractivity contribution in [2.24, 2.45) is 0 Å². The Morgan fingerprint density at radius 1 is 0.821 bits per heavy atom. The normalized spacial score (nSPS) is 43.9. The molecule has 10 atom stereocenters. The molecule has 0 amide bonds. The van der Waals surface area contributed by atoms with Gasteiger partial charge < -0.3 is 55.1 Å². The zero-order valence-corrected chi connectivity index (χ0v) is 14.7. The van der Waals surface area contributed by atoms with Crippen LogP contribution >= 0.6 is 0 Å². The molecule has 2 aliphatic heterocycles. The van der Waals surface area contributed by atoms with Crippen molar-refractivity contribution in [1.82, 2.24) is 10.2 Å². The monoisotopic (exact) mass is 410 g/mol. The second-order valence-electron chi connectivity index (χ2n) is 6.29. The fourth-order valence-electron chi connectivity index (χ4n) is 2.78. The van der Waals surface area contributed by atoms with Crippen LogP contribution in [0.15, 0.2) is 18.5 Å². The molecule has 2 saturated heterocycles. The van der Waals surface area contributed by atoms with Gasteiger partial charge in [0.25, 0.3) is 0 Å². The van der Waals surface area contributed by atoms with Crippen molar-refractivity contribution in [2.75, 3.05) is 13.2 Å². The van der Waals surface area contributed by atoms with E-state index >= 15 is 0 Å². The Hall–Kier alpha value is -1.23. The SMILES string of the molecule is OC[C@H]1O[C@H](O[C@H]2[C@H](O)[C@@H](O)[C@H](O)O[C@@H]2CO)[C@H](O)[C@@H](O)[C@@H]1O.c1cn[nH]c1. The number of aliphatic hydroxyl groups excluding tert-OH is 8. The predicted molar refractivity (Wildman–Crippen MR) is 87.2 cm³/mol. The number of nitrogens with one attached hydrogen (secondary N) is 1. The summed E-state index contributed by atoms with van der Waals surface area (Å²) in [5.41, 5.74) is 0. The fourth-order valence-corrected chi connectivity index (χ4v) is 2.78. The Morgan fingerprint density at radius 3 is 2.00 bits per heavy atom. The van der Waals surface area contributed by atoms with E-state index in [0.29, 0.717) is 0 Å². The maximum Gasteiger partial charge on any atom is 0.187 e. The van der Waals surface area contributed by atoms with E-state index in [2.05, 4.69) is 10.2 Å². The molecule has 2 fully saturated rings. The molecular weight excluding hydrogens is 384 g/mol. The van der Waals surface area contributed by atoms with Crippen molar-refractivity contribution in [3.8, 4) is 0 Å². The maximum atomic E-state index is 9.94. The van der Waals surface area contributed by atoms with Crippen LogP contribution < -0.4 is 0 Å². The third-order valence-corrected chi connectivity index (χ3v) is 4.38. The van der Waals surface area contributed by atoms with Crippen molar-refractivity contribution in [3.63, 3.8) is 0 Å². The third kappa shape index (κ3) is 5.22. The van der Waals surface area contributed by atoms with Gasteiger partial charge in [-0.15, -0.1) is 0 Å². The predicted octanol–water partition coefficient (Wildman–Crippen LogP) is -4.99. The molecule has 13 heteroatoms. The summed E-state index contributed by atoms with van der Waals surface area (Å²) >= 11 is 0. The minimum absolute atomic E-state index is 0.667. The highest BCUT2D eigenvalue weighted by Gasteiger charge is 2.50. The standard InChI is InChI=1S/C12H22O11.C3H4N2/c13-1-3-5(15)6(16)9(19)12(22-3)23-10-4(2-14)21-11(20)8(18)7(10)17;1-2-4-5-3-1/h3-20H,1-2H2;1-3H,(H,4,5)/t3-,4-,5-,6+,7-,8-,9-,10-,11-,12-;/m1./s1. The van der Waals surface area contributed by atoms with Crippen LogP contribution in [0.4, 0.5) is 0 Å². The first-order valence-corrected chi connectivity index (χ1v) is 8.52. The van der Waals surface area contributed by atoms with Gasteiger partial charge in [-0.1, -0.05) is 0 Å². The molecule has 0 radical (unpaired) electrons. The van der Waals surface area contributed by atoms with Gasteiger partial charge in [-0.25, -0.2) is 0 Å². The highest BCUT2D eigenvalue weighted by molar-refractivity contribution is 4.93. The molecule has 0 bridgehead atoms. The van der Waals surface area contributed by atoms with Gasteiger partial charge in [-0.3, -0.25) is 5.10 Å². The van der Waals surface area contributed by atoms with Gasteiger partial charge in [-0.05, 0) is 6.07 Å². The van der Waals surface area contributed by atoms with E-state index in [4.69, 9.17) is 19.3 Å². The number of H-pyrrole nitrogens is 1. The highest BCUT2D eigenvalue weighted by atomic mass is 16.7. The number of aromatic nitrogens is 2. The molecule has 13 nitrogen and oxygen atoms in total. The van der Waals surface area contributed by atoms with Crippen LogP contribution in [0, 0.1) is 0 Å². The third-order valence-electron chi connectivity index (χ3n) is 4.38. The molecule has 2 aliphatic rings. The zero-order valence-electron chi connectivity index (χ0n) is 14.7. The number of hydrogen-bond donors (Lipinski definition) is 9. The Morgan fingerprint density at radius 2 is 1.50 bits per heavy atom. The number of ether oxygens (including phenoxy) is 3. The summed E-state index contributed by atoms with van der Waals surface area (Å²) in [4.78, 5) is 0. The minimum atomic E-state index is -1.74. The summed E-state index contributed by atoms with van der Waals surface area (Å²) in [6.07, 6.45) is -12.1. The molecule has 1 aromatic heterocycles. The number of aliphatic hydroxyl groups is 8. The molecule has 28 heavy (non-hydrogen) atoms. The van der Waals surface area contributed by atoms with E-state index in [0.717, 1.165) is 0 Å². The van der Waals surface area contributed by atoms with Crippen LogP contribution in [-0.2, 0) is 14.2 Å². The average molecular weight is 410 g/mol. The van der Waals surface area contributed by atoms with Crippen LogP contribution in [-0.4, -0.2) is 126 Å². The van der Waals surface area contributed by atoms with Gasteiger partial charge in [0.15, 0.2) is 12.6 Å². The van der Waals surface area contributed by atoms with Crippen molar-refractivity contribution >= 4 is 0 Å². The lowest BCUT2D eigenvalue weighted by Crippen LogP contribution is -2.64. The van der Waals surface area contributed by atoms with Gasteiger partial charge in [0, 0.05) is 12.4 Å². The van der Waals surface area contributed by atoms with Gasteiger partial charge >= 0.3 is 0 Å². The number of aromatic amines is 1. The van der Waals surface area contributed by atoms with E-state index < -0.39 is 74.6 Å². The lowest BCUT2D eigenvalue weighted by atomic mass is 9.97. The lowest BCUT2D eigenvalue weighted by Gasteiger charge is -2.45. The number of hydrogen-bond acceptors (Lipinski definition) is 12. The molecule has 9 N–H and O–H groups in total. The molecule has 162 valence electrons. The Bertz CT molecular complexity index is 529. The van der Waals surface area contributed by atoms with Gasteiger partial charge in [0.05, 0.1) is 13.2 Å². The van der Waals surface area contributed by atoms with E-state index in [1.165, 1.54) is 0 Å². The van der Waals surface area contributed by atoms with Crippen molar-refractivity contribution in [1.29, 1.82) is 0 Å². The average Bonchev–Trinajstić information content (AvgIpc) is 3.28. The highest BCUT2D eigenvalue weighted by Crippen LogP contribution is 2.28. The van der Waals surface area contributed by atoms with Crippen LogP contribution in [0.25, 0.3) is 0 Å². The topological polar surface area (TPSA) is 218 Å². The minimum Gasteiger partial charge on any atom is -0.394 e. The summed E-state index contributed by atoms with van der Waals surface area (Å²) in [5, 5.41) is 82.7. The van der Waals surface area contributed by atoms with Crippen LogP contribution in [0.5, 0.6) is 0 Å². The Balaban J connectivity index is 0.000000485. The van der Waals surface area contributed by atoms with Crippen LogP contribution in [0.2, 0.25) is 0 Å². The summed E-state index contributed by atoms with van der Waals surface area (Å²) in [5.74, 6) is 0. The summed E-state index contributed by atoms with van der Waals surface area (Å²) in [6.45, 7) is -1.35. The Kier molecular flexibility index (Phi) is 8.66. The van der Waals surface area contributed by atoms with E-state index in [1.54, 1.807) is 12.4 Å². The number of nitrogens with zero attached hydrogens (tertiary/aromatic N) is 1. The molecule has 1 aromatic rings. The molecule has 0 spiro atoms. The van der Waals surface area contributed by atoms with Crippen LogP contribution in [0.3, 0.4) is 0 Å². The first-order chi connectivity index (χ1) is 13.3. The van der Waals surface area contributed by atoms with Gasteiger partial charge in [0.2, 0.25) is 0 Å². The van der Waals surface area contributed by atoms with Gasteiger partial charge in [0.1, 0.15) is 48.8 Å². The van der Waals surface area contributed by atoms with E-state index in [-0.39, 0.29) is 0 Å². The molecular formula is C15H26N2O11. The fraction of sp³-hybridized carbons (Fsp3) is 0.800. The maximum absolute atomic E-state index is 9.94. The van der Waals surface area contributed by atoms with Crippen molar-refractivity contribution < 1.29 is 55.1 Å². The quantitative estimate of drug-likeness (QED) is 0.228. The van der Waals surface area contributed by atoms with Crippen molar-refractivity contribution in [2.45, 2.75) is 61.4 Å². The lowest BCUT2D eigenvalue weighted by molar-refractivity contribution is -0.355. The largest absolute Gasteiger partial charge is 0.394 e. The first kappa shape index (κ1) is 23.1. The van der Waals surface area contributed by atoms with E-state index in [9.17, 15) is 35.7 Å².